The molecule has 53 valence electrons. The fraction of sp³-hybridized carbons (Fsp3) is 0.714. The van der Waals surface area contributed by atoms with Crippen molar-refractivity contribution in [3.8, 4) is 0 Å². The van der Waals surface area contributed by atoms with Crippen molar-refractivity contribution in [1.29, 1.82) is 0 Å². The first-order valence-electron chi connectivity index (χ1n) is 3.28. The molecule has 0 saturated heterocycles. The summed E-state index contributed by atoms with van der Waals surface area (Å²) in [5.41, 5.74) is 1.11. The van der Waals surface area contributed by atoms with Gasteiger partial charge in [-0.25, -0.2) is 0 Å². The van der Waals surface area contributed by atoms with Gasteiger partial charge in [0.1, 0.15) is 0 Å². The van der Waals surface area contributed by atoms with Crippen LogP contribution in [0.15, 0.2) is 12.2 Å². The summed E-state index contributed by atoms with van der Waals surface area (Å²) in [4.78, 5) is 0. The molecule has 0 saturated carbocycles. The van der Waals surface area contributed by atoms with E-state index in [1.807, 2.05) is 17.2 Å². The molecule has 0 aliphatic rings. The van der Waals surface area contributed by atoms with E-state index in [4.69, 9.17) is 4.74 Å². The summed E-state index contributed by atoms with van der Waals surface area (Å²) in [6.07, 6.45) is 1.17. The smallest absolute Gasteiger partial charge is 0.0671 e. The lowest BCUT2D eigenvalue weighted by atomic mass is 10.4. The van der Waals surface area contributed by atoms with E-state index in [1.54, 1.807) is 0 Å². The van der Waals surface area contributed by atoms with E-state index in [0.717, 1.165) is 18.8 Å². The second-order valence-electron chi connectivity index (χ2n) is 2.22. The summed E-state index contributed by atoms with van der Waals surface area (Å²) >= 11 is 0. The van der Waals surface area contributed by atoms with Crippen molar-refractivity contribution in [2.24, 2.45) is 0 Å². The fourth-order valence-electron chi connectivity index (χ4n) is 0.451. The minimum Gasteiger partial charge on any atom is -0.377 e. The van der Waals surface area contributed by atoms with Crippen LogP contribution in [0, 0.1) is 0 Å². The molecule has 0 aromatic carbocycles. The molecule has 0 atom stereocenters. The van der Waals surface area contributed by atoms with Crippen LogP contribution in [0.2, 0.25) is 6.04 Å². The second kappa shape index (κ2) is 6.04. The van der Waals surface area contributed by atoms with Crippen LogP contribution in [-0.2, 0) is 4.74 Å². The highest BCUT2D eigenvalue weighted by atomic mass is 28.1. The third-order valence-corrected chi connectivity index (χ3v) is 1.39. The van der Waals surface area contributed by atoms with Crippen LogP contribution in [-0.4, -0.2) is 23.5 Å². The number of hydrogen-bond acceptors (Lipinski definition) is 1. The van der Waals surface area contributed by atoms with E-state index in [2.05, 4.69) is 6.58 Å². The molecule has 0 N–H and O–H groups in total. The predicted molar refractivity (Wildman–Crippen MR) is 43.6 cm³/mol. The zero-order valence-corrected chi connectivity index (χ0v) is 7.57. The normalized spacial score (nSPS) is 9.56. The van der Waals surface area contributed by atoms with Gasteiger partial charge in [-0.3, -0.25) is 0 Å². The Morgan fingerprint density at radius 1 is 1.67 bits per heavy atom. The number of ether oxygens (including phenoxy) is 1. The molecule has 9 heavy (non-hydrogen) atoms. The Kier molecular flexibility index (Phi) is 5.99. The summed E-state index contributed by atoms with van der Waals surface area (Å²) in [5, 5.41) is 0. The van der Waals surface area contributed by atoms with Gasteiger partial charge in [0.25, 0.3) is 0 Å². The zero-order valence-electron chi connectivity index (χ0n) is 6.15. The highest BCUT2D eigenvalue weighted by Gasteiger charge is 1.85. The highest BCUT2D eigenvalue weighted by Crippen LogP contribution is 1.91. The Morgan fingerprint density at radius 3 is 2.78 bits per heavy atom. The molecule has 0 bridgehead atoms. The van der Waals surface area contributed by atoms with Gasteiger partial charge in [-0.05, 0) is 13.3 Å². The summed E-state index contributed by atoms with van der Waals surface area (Å²) in [6, 6.07) is 1.23. The number of hydrogen-bond donors (Lipinski definition) is 0. The molecule has 0 aromatic heterocycles. The maximum absolute atomic E-state index is 5.24. The predicted octanol–water partition coefficient (Wildman–Crippen LogP) is 1.02. The molecule has 0 amide bonds. The van der Waals surface area contributed by atoms with Gasteiger partial charge in [0.2, 0.25) is 0 Å². The molecule has 1 nitrogen and oxygen atoms in total. The molecule has 0 aromatic rings. The van der Waals surface area contributed by atoms with Crippen molar-refractivity contribution in [3.63, 3.8) is 0 Å². The monoisotopic (exact) mass is 143 g/mol. The first-order valence-corrected chi connectivity index (χ1v) is 4.28. The van der Waals surface area contributed by atoms with Gasteiger partial charge in [0.05, 0.1) is 6.61 Å². The Balaban J connectivity index is 2.83. The first kappa shape index (κ1) is 8.92. The summed E-state index contributed by atoms with van der Waals surface area (Å²) in [6.45, 7) is 7.32. The topological polar surface area (TPSA) is 9.23 Å². The van der Waals surface area contributed by atoms with E-state index < -0.39 is 0 Å². The minimum absolute atomic E-state index is 0.725. The molecule has 0 unspecified atom stereocenters. The van der Waals surface area contributed by atoms with Crippen molar-refractivity contribution < 1.29 is 4.74 Å². The number of rotatable bonds is 5. The molecule has 1 radical (unpaired) electrons. The van der Waals surface area contributed by atoms with Crippen LogP contribution < -0.4 is 0 Å². The van der Waals surface area contributed by atoms with Crippen LogP contribution >= 0.6 is 0 Å². The molecule has 0 rings (SSSR count). The molecule has 0 aliphatic carbocycles. The Hall–Kier alpha value is -0.0831. The largest absolute Gasteiger partial charge is 0.377 e. The lowest BCUT2D eigenvalue weighted by Crippen LogP contribution is -1.96. The molecule has 0 spiro atoms. The third-order valence-electron chi connectivity index (χ3n) is 0.887. The van der Waals surface area contributed by atoms with E-state index >= 15 is 0 Å². The second-order valence-corrected chi connectivity index (χ2v) is 2.92. The maximum Gasteiger partial charge on any atom is 0.0671 e. The first-order chi connectivity index (χ1) is 4.27. The molecule has 0 aliphatic heterocycles. The standard InChI is InChI=1S/C7H15OSi/c1-7(2)6-8-4-3-5-9/h1,3-6,9H2,2H3. The average Bonchev–Trinajstić information content (AvgIpc) is 1.80. The Labute approximate surface area is 60.5 Å². The van der Waals surface area contributed by atoms with Gasteiger partial charge < -0.3 is 4.74 Å². The van der Waals surface area contributed by atoms with Gasteiger partial charge in [0.15, 0.2) is 0 Å². The summed E-state index contributed by atoms with van der Waals surface area (Å²) < 4.78 is 5.24. The summed E-state index contributed by atoms with van der Waals surface area (Å²) in [5.74, 6) is 0. The minimum atomic E-state index is 0.725. The van der Waals surface area contributed by atoms with Gasteiger partial charge in [-0.15, -0.1) is 0 Å². The van der Waals surface area contributed by atoms with Gasteiger partial charge in [-0.1, -0.05) is 18.2 Å². The van der Waals surface area contributed by atoms with E-state index in [-0.39, 0.29) is 0 Å². The van der Waals surface area contributed by atoms with Gasteiger partial charge >= 0.3 is 0 Å². The molecular weight excluding hydrogens is 128 g/mol. The lowest BCUT2D eigenvalue weighted by molar-refractivity contribution is 0.157. The lowest BCUT2D eigenvalue weighted by Gasteiger charge is -2.00. The molecule has 0 heterocycles. The van der Waals surface area contributed by atoms with Crippen molar-refractivity contribution >= 4 is 10.2 Å². The van der Waals surface area contributed by atoms with Crippen molar-refractivity contribution in [2.45, 2.75) is 19.4 Å². The highest BCUT2D eigenvalue weighted by molar-refractivity contribution is 6.08. The van der Waals surface area contributed by atoms with Crippen molar-refractivity contribution in [1.82, 2.24) is 0 Å². The SMILES string of the molecule is C=C(C)COCCC[SiH2]. The van der Waals surface area contributed by atoms with Crippen LogP contribution in [0.25, 0.3) is 0 Å². The third kappa shape index (κ3) is 7.92. The zero-order chi connectivity index (χ0) is 7.11. The fourth-order valence-corrected chi connectivity index (χ4v) is 0.655. The van der Waals surface area contributed by atoms with E-state index in [0.29, 0.717) is 0 Å². The van der Waals surface area contributed by atoms with Crippen LogP contribution in [0.1, 0.15) is 13.3 Å². The van der Waals surface area contributed by atoms with Crippen LogP contribution in [0.5, 0.6) is 0 Å². The molecule has 0 fully saturated rings. The Bertz CT molecular complexity index is 81.0. The average molecular weight is 143 g/mol. The van der Waals surface area contributed by atoms with Crippen LogP contribution in [0.3, 0.4) is 0 Å². The Morgan fingerprint density at radius 2 is 2.33 bits per heavy atom. The summed E-state index contributed by atoms with van der Waals surface area (Å²) in [7, 11) is 1.99. The molecular formula is C7H15OSi. The molecule has 2 heteroatoms. The van der Waals surface area contributed by atoms with Gasteiger partial charge in [-0.2, -0.15) is 0 Å². The van der Waals surface area contributed by atoms with E-state index in [1.165, 1.54) is 12.5 Å². The van der Waals surface area contributed by atoms with Gasteiger partial charge in [0, 0.05) is 16.8 Å². The van der Waals surface area contributed by atoms with Crippen molar-refractivity contribution in [3.05, 3.63) is 12.2 Å². The van der Waals surface area contributed by atoms with Crippen LogP contribution in [0.4, 0.5) is 0 Å². The maximum atomic E-state index is 5.24. The van der Waals surface area contributed by atoms with Crippen molar-refractivity contribution in [2.75, 3.05) is 13.2 Å². The quantitative estimate of drug-likeness (QED) is 0.317. The van der Waals surface area contributed by atoms with E-state index in [9.17, 15) is 0 Å².